The van der Waals surface area contributed by atoms with E-state index in [1.54, 1.807) is 11.8 Å². The summed E-state index contributed by atoms with van der Waals surface area (Å²) < 4.78 is 0. The minimum atomic E-state index is 0.811. The summed E-state index contributed by atoms with van der Waals surface area (Å²) >= 11 is 8.01. The lowest BCUT2D eigenvalue weighted by atomic mass is 10.2. The van der Waals surface area contributed by atoms with Gasteiger partial charge in [0.2, 0.25) is 0 Å². The van der Waals surface area contributed by atoms with Gasteiger partial charge in [-0.05, 0) is 31.2 Å². The highest BCUT2D eigenvalue weighted by molar-refractivity contribution is 8.03. The van der Waals surface area contributed by atoms with Gasteiger partial charge in [0.1, 0.15) is 0 Å². The molecule has 1 heterocycles. The van der Waals surface area contributed by atoms with Crippen molar-refractivity contribution in [2.24, 2.45) is 0 Å². The number of rotatable bonds is 1. The minimum Gasteiger partial charge on any atom is -0.315 e. The number of anilines is 2. The van der Waals surface area contributed by atoms with Gasteiger partial charge in [-0.25, -0.2) is 0 Å². The van der Waals surface area contributed by atoms with E-state index >= 15 is 0 Å². The molecule has 0 amide bonds. The maximum Gasteiger partial charge on any atom is 0.0610 e. The van der Waals surface area contributed by atoms with E-state index < -0.39 is 0 Å². The van der Waals surface area contributed by atoms with Crippen molar-refractivity contribution in [1.29, 1.82) is 0 Å². The van der Waals surface area contributed by atoms with Crippen LogP contribution in [0.2, 0.25) is 5.02 Å². The van der Waals surface area contributed by atoms with Crippen molar-refractivity contribution < 1.29 is 0 Å². The Morgan fingerprint density at radius 2 is 1.78 bits per heavy atom. The molecule has 2 aromatic rings. The van der Waals surface area contributed by atoms with Crippen LogP contribution in [0, 0.1) is 0 Å². The molecule has 90 valence electrons. The van der Waals surface area contributed by atoms with Crippen LogP contribution in [0.3, 0.4) is 0 Å². The fraction of sp³-hybridized carbons (Fsp3) is 0.0667. The topological polar surface area (TPSA) is 3.24 Å². The van der Waals surface area contributed by atoms with Crippen molar-refractivity contribution in [2.45, 2.75) is 11.8 Å². The first-order valence-electron chi connectivity index (χ1n) is 5.75. The van der Waals surface area contributed by atoms with Crippen LogP contribution >= 0.6 is 23.4 Å². The Morgan fingerprint density at radius 1 is 1.00 bits per heavy atom. The zero-order valence-corrected chi connectivity index (χ0v) is 11.5. The van der Waals surface area contributed by atoms with Crippen LogP contribution < -0.4 is 4.90 Å². The number of allylic oxidation sites excluding steroid dienone is 1. The monoisotopic (exact) mass is 273 g/mol. The number of thioether (sulfide) groups is 1. The SMILES string of the molecule is CC1=CN(c2ccccc2)c2cccc(Cl)c2S1. The summed E-state index contributed by atoms with van der Waals surface area (Å²) in [6.45, 7) is 2.10. The fourth-order valence-electron chi connectivity index (χ4n) is 2.03. The largest absolute Gasteiger partial charge is 0.315 e. The van der Waals surface area contributed by atoms with Gasteiger partial charge in [0, 0.05) is 16.8 Å². The molecule has 0 aromatic heterocycles. The van der Waals surface area contributed by atoms with E-state index in [4.69, 9.17) is 11.6 Å². The lowest BCUT2D eigenvalue weighted by Gasteiger charge is -2.28. The van der Waals surface area contributed by atoms with E-state index in [0.717, 1.165) is 21.3 Å². The van der Waals surface area contributed by atoms with Crippen LogP contribution in [0.1, 0.15) is 6.92 Å². The number of benzene rings is 2. The molecule has 0 atom stereocenters. The minimum absolute atomic E-state index is 0.811. The Kier molecular flexibility index (Phi) is 3.06. The second-order valence-corrected chi connectivity index (χ2v) is 5.80. The van der Waals surface area contributed by atoms with Gasteiger partial charge >= 0.3 is 0 Å². The Morgan fingerprint density at radius 3 is 2.56 bits per heavy atom. The maximum absolute atomic E-state index is 6.29. The number of para-hydroxylation sites is 1. The molecule has 3 rings (SSSR count). The van der Waals surface area contributed by atoms with E-state index in [1.165, 1.54) is 4.91 Å². The summed E-state index contributed by atoms with van der Waals surface area (Å²) in [6, 6.07) is 16.4. The maximum atomic E-state index is 6.29. The zero-order valence-electron chi connectivity index (χ0n) is 9.93. The lowest BCUT2D eigenvalue weighted by molar-refractivity contribution is 1.20. The fourth-order valence-corrected chi connectivity index (χ4v) is 3.23. The van der Waals surface area contributed by atoms with Crippen molar-refractivity contribution in [1.82, 2.24) is 0 Å². The summed E-state index contributed by atoms with van der Waals surface area (Å²) in [5, 5.41) is 0.811. The van der Waals surface area contributed by atoms with Crippen molar-refractivity contribution in [2.75, 3.05) is 4.90 Å². The number of hydrogen-bond acceptors (Lipinski definition) is 2. The Hall–Kier alpha value is -1.38. The van der Waals surface area contributed by atoms with Crippen molar-refractivity contribution >= 4 is 34.7 Å². The average molecular weight is 274 g/mol. The predicted molar refractivity (Wildman–Crippen MR) is 79.6 cm³/mol. The highest BCUT2D eigenvalue weighted by atomic mass is 35.5. The molecule has 0 saturated carbocycles. The summed E-state index contributed by atoms with van der Waals surface area (Å²) in [5.41, 5.74) is 2.30. The molecular formula is C15H12ClNS. The van der Waals surface area contributed by atoms with Crippen LogP contribution in [0.25, 0.3) is 0 Å². The lowest BCUT2D eigenvalue weighted by Crippen LogP contribution is -2.12. The number of halogens is 1. The molecule has 0 unspecified atom stereocenters. The molecule has 0 saturated heterocycles. The summed E-state index contributed by atoms with van der Waals surface area (Å²) in [7, 11) is 0. The van der Waals surface area contributed by atoms with Crippen molar-refractivity contribution in [3.8, 4) is 0 Å². The van der Waals surface area contributed by atoms with E-state index in [-0.39, 0.29) is 0 Å². The van der Waals surface area contributed by atoms with Crippen LogP contribution in [-0.2, 0) is 0 Å². The van der Waals surface area contributed by atoms with Gasteiger partial charge < -0.3 is 4.90 Å². The molecule has 18 heavy (non-hydrogen) atoms. The quantitative estimate of drug-likeness (QED) is 0.680. The van der Waals surface area contributed by atoms with E-state index in [2.05, 4.69) is 36.2 Å². The normalized spacial score (nSPS) is 14.1. The van der Waals surface area contributed by atoms with Crippen molar-refractivity contribution in [3.05, 3.63) is 64.7 Å². The third-order valence-corrected chi connectivity index (χ3v) is 4.30. The van der Waals surface area contributed by atoms with Gasteiger partial charge in [0.25, 0.3) is 0 Å². The average Bonchev–Trinajstić information content (AvgIpc) is 2.40. The van der Waals surface area contributed by atoms with Gasteiger partial charge in [0.05, 0.1) is 15.6 Å². The second-order valence-electron chi connectivity index (χ2n) is 4.14. The van der Waals surface area contributed by atoms with Crippen LogP contribution in [0.5, 0.6) is 0 Å². The summed E-state index contributed by atoms with van der Waals surface area (Å²) in [5.74, 6) is 0. The Labute approximate surface area is 116 Å². The van der Waals surface area contributed by atoms with Gasteiger partial charge in [0.15, 0.2) is 0 Å². The highest BCUT2D eigenvalue weighted by Gasteiger charge is 2.19. The predicted octanol–water partition coefficient (Wildman–Crippen LogP) is 5.45. The molecular weight excluding hydrogens is 262 g/mol. The molecule has 1 aliphatic rings. The van der Waals surface area contributed by atoms with Gasteiger partial charge in [-0.1, -0.05) is 47.6 Å². The molecule has 1 nitrogen and oxygen atoms in total. The van der Waals surface area contributed by atoms with Gasteiger partial charge in [-0.15, -0.1) is 0 Å². The third kappa shape index (κ3) is 2.02. The first kappa shape index (κ1) is 11.7. The summed E-state index contributed by atoms with van der Waals surface area (Å²) in [4.78, 5) is 4.55. The smallest absolute Gasteiger partial charge is 0.0610 e. The number of fused-ring (bicyclic) bond motifs is 1. The molecule has 2 aromatic carbocycles. The second kappa shape index (κ2) is 4.71. The molecule has 0 spiro atoms. The van der Waals surface area contributed by atoms with Crippen LogP contribution in [0.15, 0.2) is 64.5 Å². The highest BCUT2D eigenvalue weighted by Crippen LogP contribution is 2.46. The van der Waals surface area contributed by atoms with Crippen LogP contribution in [0.4, 0.5) is 11.4 Å². The van der Waals surface area contributed by atoms with Gasteiger partial charge in [-0.3, -0.25) is 0 Å². The standard InChI is InChI=1S/C15H12ClNS/c1-11-10-17(12-6-3-2-4-7-12)14-9-5-8-13(16)15(14)18-11/h2-10H,1H3. The Bertz CT molecular complexity index is 607. The third-order valence-electron chi connectivity index (χ3n) is 2.81. The molecule has 0 bridgehead atoms. The number of nitrogens with zero attached hydrogens (tertiary/aromatic N) is 1. The van der Waals surface area contributed by atoms with Gasteiger partial charge in [-0.2, -0.15) is 0 Å². The summed E-state index contributed by atoms with van der Waals surface area (Å²) in [6.07, 6.45) is 2.15. The molecule has 1 aliphatic heterocycles. The van der Waals surface area contributed by atoms with E-state index in [9.17, 15) is 0 Å². The molecule has 0 aliphatic carbocycles. The Balaban J connectivity index is 2.16. The molecule has 0 radical (unpaired) electrons. The first-order valence-corrected chi connectivity index (χ1v) is 6.94. The van der Waals surface area contributed by atoms with Crippen LogP contribution in [-0.4, -0.2) is 0 Å². The molecule has 0 N–H and O–H groups in total. The number of hydrogen-bond donors (Lipinski definition) is 0. The van der Waals surface area contributed by atoms with E-state index in [1.807, 2.05) is 30.3 Å². The van der Waals surface area contributed by atoms with Crippen molar-refractivity contribution in [3.63, 3.8) is 0 Å². The zero-order chi connectivity index (χ0) is 12.5. The first-order chi connectivity index (χ1) is 8.75. The molecule has 0 fully saturated rings. The van der Waals surface area contributed by atoms with E-state index in [0.29, 0.717) is 0 Å². The molecule has 3 heteroatoms.